The lowest BCUT2D eigenvalue weighted by molar-refractivity contribution is -0.203. The zero-order valence-electron chi connectivity index (χ0n) is 20.4. The number of methoxy groups -OCH3 is 1. The second-order valence-corrected chi connectivity index (χ2v) is 12.5. The quantitative estimate of drug-likeness (QED) is 0.475. The molecule has 0 radical (unpaired) electrons. The van der Waals surface area contributed by atoms with E-state index in [0.717, 1.165) is 4.47 Å². The van der Waals surface area contributed by atoms with Crippen molar-refractivity contribution in [3.63, 3.8) is 0 Å². The summed E-state index contributed by atoms with van der Waals surface area (Å²) in [4.78, 5) is 18.5. The fourth-order valence-electron chi connectivity index (χ4n) is 6.06. The smallest absolute Gasteiger partial charge is 0.221 e. The monoisotopic (exact) mass is 600 g/mol. The Kier molecular flexibility index (Phi) is 6.11. The molecule has 1 saturated heterocycles. The number of carbonyl (C=O) groups excluding carboxylic acids is 1. The second kappa shape index (κ2) is 9.13. The molecule has 3 aromatic rings. The minimum Gasteiger partial charge on any atom is -0.494 e. The Bertz CT molecular complexity index is 1500. The number of ether oxygens (including phenoxy) is 3. The first-order chi connectivity index (χ1) is 18.3. The molecule has 2 aliphatic heterocycles. The number of ketones is 1. The average molecular weight is 601 g/mol. The van der Waals surface area contributed by atoms with Crippen LogP contribution in [0.25, 0.3) is 0 Å². The highest BCUT2D eigenvalue weighted by Gasteiger charge is 2.84. The lowest BCUT2D eigenvalue weighted by Gasteiger charge is -2.65. The highest BCUT2D eigenvalue weighted by Crippen LogP contribution is 2.67. The molecule has 4 atom stereocenters. The number of morpholine rings is 1. The molecule has 6 rings (SSSR count). The van der Waals surface area contributed by atoms with Crippen LogP contribution in [0.2, 0.25) is 0 Å². The van der Waals surface area contributed by atoms with Gasteiger partial charge in [-0.25, -0.2) is 8.42 Å². The maximum absolute atomic E-state index is 14.4. The number of carbonyl (C=O) groups is 1. The Morgan fingerprint density at radius 3 is 2.42 bits per heavy atom. The number of hydrogen-bond donors (Lipinski definition) is 1. The van der Waals surface area contributed by atoms with E-state index >= 15 is 0 Å². The van der Waals surface area contributed by atoms with Crippen LogP contribution in [0.15, 0.2) is 71.5 Å². The van der Waals surface area contributed by atoms with Crippen molar-refractivity contribution < 1.29 is 32.5 Å². The second-order valence-electron chi connectivity index (χ2n) is 9.52. The van der Waals surface area contributed by atoms with E-state index in [1.54, 1.807) is 48.5 Å². The fraction of sp³-hybridized carbons (Fsp3) is 0.333. The van der Waals surface area contributed by atoms with Gasteiger partial charge < -0.3 is 19.3 Å². The first-order valence-electron chi connectivity index (χ1n) is 12.1. The lowest BCUT2D eigenvalue weighted by atomic mass is 9.49. The number of nitrogens with zero attached hydrogens (tertiary/aromatic N) is 2. The van der Waals surface area contributed by atoms with Gasteiger partial charge in [-0.3, -0.25) is 9.78 Å². The number of rotatable bonds is 5. The molecular formula is C27H25BrN2O7S. The van der Waals surface area contributed by atoms with Gasteiger partial charge in [0.2, 0.25) is 15.8 Å². The summed E-state index contributed by atoms with van der Waals surface area (Å²) < 4.78 is 48.0. The Balaban J connectivity index is 1.66. The Labute approximate surface area is 228 Å². The zero-order valence-corrected chi connectivity index (χ0v) is 22.8. The van der Waals surface area contributed by atoms with E-state index in [9.17, 15) is 18.3 Å². The third kappa shape index (κ3) is 3.35. The van der Waals surface area contributed by atoms with E-state index in [1.807, 2.05) is 6.07 Å². The van der Waals surface area contributed by atoms with Crippen molar-refractivity contribution in [1.82, 2.24) is 9.29 Å². The number of pyridine rings is 1. The number of sulfonamides is 1. The van der Waals surface area contributed by atoms with Crippen LogP contribution in [-0.4, -0.2) is 72.9 Å². The molecule has 0 bridgehead atoms. The molecule has 1 saturated carbocycles. The Hall–Kier alpha value is -2.83. The number of hydrogen-bond acceptors (Lipinski definition) is 8. The molecule has 9 nitrogen and oxygen atoms in total. The highest BCUT2D eigenvalue weighted by molar-refractivity contribution is 9.10. The van der Waals surface area contributed by atoms with Gasteiger partial charge in [-0.2, -0.15) is 4.31 Å². The van der Waals surface area contributed by atoms with Crippen LogP contribution in [0.3, 0.4) is 0 Å². The lowest BCUT2D eigenvalue weighted by Crippen LogP contribution is -2.84. The molecule has 1 aliphatic carbocycles. The SMILES string of the molecule is COc1cncc2c1C(=O)C1(O)C(S(=O)(=O)N3CCOCC3)C(c3ccccc3)C1(c1ccc(Br)cc1)O2. The van der Waals surface area contributed by atoms with E-state index in [2.05, 4.69) is 20.9 Å². The first kappa shape index (κ1) is 25.4. The van der Waals surface area contributed by atoms with Crippen molar-refractivity contribution in [1.29, 1.82) is 0 Å². The van der Waals surface area contributed by atoms with Crippen molar-refractivity contribution in [3.05, 3.63) is 88.2 Å². The van der Waals surface area contributed by atoms with E-state index in [1.165, 1.54) is 23.8 Å². The van der Waals surface area contributed by atoms with Gasteiger partial charge in [-0.1, -0.05) is 58.4 Å². The number of fused-ring (bicyclic) bond motifs is 2. The van der Waals surface area contributed by atoms with E-state index in [4.69, 9.17) is 14.2 Å². The topological polar surface area (TPSA) is 115 Å². The number of halogens is 1. The number of Topliss-reactive ketones (excluding diaryl/α,β-unsaturated/α-hetero) is 1. The number of aromatic nitrogens is 1. The average Bonchev–Trinajstić information content (AvgIpc) is 2.94. The summed E-state index contributed by atoms with van der Waals surface area (Å²) >= 11 is 3.43. The minimum atomic E-state index is -4.22. The summed E-state index contributed by atoms with van der Waals surface area (Å²) in [6.07, 6.45) is 2.73. The maximum atomic E-state index is 14.4. The first-order valence-corrected chi connectivity index (χ1v) is 14.4. The molecule has 4 unspecified atom stereocenters. The molecule has 11 heteroatoms. The molecule has 38 heavy (non-hydrogen) atoms. The van der Waals surface area contributed by atoms with Crippen LogP contribution >= 0.6 is 15.9 Å². The standard InChI is InChI=1S/C27H25BrN2O7S/c1-35-20-15-29-16-21-22(20)24(31)26(32)25(38(33,34)30-11-13-36-14-12-30)23(17-5-3-2-4-6-17)27(26,37-21)18-7-9-19(28)10-8-18/h2-10,15-16,23,25,32H,11-14H2,1H3. The van der Waals surface area contributed by atoms with Gasteiger partial charge in [0.05, 0.1) is 38.6 Å². The third-order valence-corrected chi connectivity index (χ3v) is 10.6. The van der Waals surface area contributed by atoms with Crippen LogP contribution in [0.5, 0.6) is 11.5 Å². The van der Waals surface area contributed by atoms with Crippen LogP contribution < -0.4 is 9.47 Å². The van der Waals surface area contributed by atoms with Crippen molar-refractivity contribution in [3.8, 4) is 11.5 Å². The van der Waals surface area contributed by atoms with Gasteiger partial charge in [-0.05, 0) is 23.3 Å². The molecule has 2 fully saturated rings. The summed E-state index contributed by atoms with van der Waals surface area (Å²) in [6, 6.07) is 16.0. The van der Waals surface area contributed by atoms with Gasteiger partial charge in [0.15, 0.2) is 22.7 Å². The molecule has 2 aromatic carbocycles. The fourth-order valence-corrected chi connectivity index (χ4v) is 8.71. The van der Waals surface area contributed by atoms with Gasteiger partial charge in [0, 0.05) is 17.6 Å². The Morgan fingerprint density at radius 2 is 1.76 bits per heavy atom. The molecule has 1 aromatic heterocycles. The van der Waals surface area contributed by atoms with Crippen LogP contribution in [-0.2, 0) is 20.4 Å². The Morgan fingerprint density at radius 1 is 1.08 bits per heavy atom. The van der Waals surface area contributed by atoms with E-state index in [-0.39, 0.29) is 43.4 Å². The summed E-state index contributed by atoms with van der Waals surface area (Å²) in [7, 11) is -2.85. The molecule has 0 amide bonds. The predicted octanol–water partition coefficient (Wildman–Crippen LogP) is 2.88. The van der Waals surface area contributed by atoms with Crippen LogP contribution in [0.1, 0.15) is 27.4 Å². The van der Waals surface area contributed by atoms with Crippen molar-refractivity contribution in [2.24, 2.45) is 0 Å². The zero-order chi connectivity index (χ0) is 26.7. The van der Waals surface area contributed by atoms with Crippen LogP contribution in [0.4, 0.5) is 0 Å². The van der Waals surface area contributed by atoms with Gasteiger partial charge >= 0.3 is 0 Å². The molecule has 3 heterocycles. The largest absolute Gasteiger partial charge is 0.494 e. The third-order valence-electron chi connectivity index (χ3n) is 7.74. The summed E-state index contributed by atoms with van der Waals surface area (Å²) in [5.74, 6) is -1.50. The van der Waals surface area contributed by atoms with E-state index in [0.29, 0.717) is 11.1 Å². The predicted molar refractivity (Wildman–Crippen MR) is 141 cm³/mol. The summed E-state index contributed by atoms with van der Waals surface area (Å²) in [5, 5.41) is 11.1. The van der Waals surface area contributed by atoms with Gasteiger partial charge in [0.1, 0.15) is 10.8 Å². The van der Waals surface area contributed by atoms with Crippen molar-refractivity contribution >= 4 is 31.7 Å². The summed E-state index contributed by atoms with van der Waals surface area (Å²) in [5.41, 5.74) is -3.18. The number of aliphatic hydroxyl groups is 1. The molecule has 3 aliphatic rings. The molecule has 198 valence electrons. The minimum absolute atomic E-state index is 0.0357. The number of benzene rings is 2. The van der Waals surface area contributed by atoms with Crippen molar-refractivity contribution in [2.75, 3.05) is 33.4 Å². The van der Waals surface area contributed by atoms with Crippen LogP contribution in [0, 0.1) is 0 Å². The molecule has 0 spiro atoms. The van der Waals surface area contributed by atoms with Gasteiger partial charge in [-0.15, -0.1) is 0 Å². The molecule has 1 N–H and O–H groups in total. The van der Waals surface area contributed by atoms with E-state index < -0.39 is 38.2 Å². The maximum Gasteiger partial charge on any atom is 0.221 e. The summed E-state index contributed by atoms with van der Waals surface area (Å²) in [6.45, 7) is 0.706. The highest BCUT2D eigenvalue weighted by atomic mass is 79.9. The van der Waals surface area contributed by atoms with Gasteiger partial charge in [0.25, 0.3) is 0 Å². The van der Waals surface area contributed by atoms with Crippen molar-refractivity contribution in [2.45, 2.75) is 22.4 Å². The normalized spacial score (nSPS) is 29.0. The molecular weight excluding hydrogens is 576 g/mol.